The number of anilines is 1. The third-order valence-electron chi connectivity index (χ3n) is 3.25. The molecule has 5 heteroatoms. The molecule has 0 spiro atoms. The minimum atomic E-state index is 0.111. The maximum Gasteiger partial charge on any atom is 0.227 e. The summed E-state index contributed by atoms with van der Waals surface area (Å²) in [7, 11) is 0. The van der Waals surface area contributed by atoms with Gasteiger partial charge in [-0.15, -0.1) is 0 Å². The van der Waals surface area contributed by atoms with Crippen molar-refractivity contribution in [3.05, 3.63) is 30.3 Å². The van der Waals surface area contributed by atoms with E-state index in [1.165, 1.54) is 0 Å². The van der Waals surface area contributed by atoms with Crippen LogP contribution in [-0.4, -0.2) is 23.5 Å². The predicted octanol–water partition coefficient (Wildman–Crippen LogP) is 1.96. The van der Waals surface area contributed by atoms with Gasteiger partial charge in [0.25, 0.3) is 0 Å². The number of hydrogen-bond donors (Lipinski definition) is 2. The van der Waals surface area contributed by atoms with Gasteiger partial charge in [0.05, 0.1) is 0 Å². The second-order valence-electron chi connectivity index (χ2n) is 4.87. The van der Waals surface area contributed by atoms with Gasteiger partial charge in [0.1, 0.15) is 5.84 Å². The Morgan fingerprint density at radius 1 is 1.37 bits per heavy atom. The van der Waals surface area contributed by atoms with Gasteiger partial charge in [-0.3, -0.25) is 4.79 Å². The Balaban J connectivity index is 2.05. The van der Waals surface area contributed by atoms with Crippen molar-refractivity contribution < 1.29 is 10.0 Å². The van der Waals surface area contributed by atoms with Crippen molar-refractivity contribution in [3.8, 4) is 0 Å². The average molecular weight is 261 g/mol. The van der Waals surface area contributed by atoms with Crippen molar-refractivity contribution in [3.63, 3.8) is 0 Å². The van der Waals surface area contributed by atoms with Crippen LogP contribution in [-0.2, 0) is 4.79 Å². The van der Waals surface area contributed by atoms with Crippen LogP contribution in [0.25, 0.3) is 0 Å². The predicted molar refractivity (Wildman–Crippen MR) is 74.2 cm³/mol. The number of hydrogen-bond acceptors (Lipinski definition) is 3. The zero-order valence-corrected chi connectivity index (χ0v) is 10.8. The van der Waals surface area contributed by atoms with Crippen LogP contribution in [0.5, 0.6) is 0 Å². The number of carbonyl (C=O) groups excluding carboxylic acids is 1. The number of rotatable bonds is 6. The van der Waals surface area contributed by atoms with Crippen LogP contribution < -0.4 is 10.6 Å². The van der Waals surface area contributed by atoms with E-state index in [4.69, 9.17) is 10.9 Å². The van der Waals surface area contributed by atoms with Crippen LogP contribution >= 0.6 is 0 Å². The number of benzene rings is 1. The summed E-state index contributed by atoms with van der Waals surface area (Å²) in [5.74, 6) is 0.794. The molecule has 0 aliphatic heterocycles. The van der Waals surface area contributed by atoms with Crippen LogP contribution in [0.2, 0.25) is 0 Å². The Morgan fingerprint density at radius 3 is 2.63 bits per heavy atom. The molecule has 1 aliphatic rings. The van der Waals surface area contributed by atoms with E-state index in [2.05, 4.69) is 5.16 Å². The molecule has 0 heterocycles. The minimum Gasteiger partial charge on any atom is -0.409 e. The molecule has 3 N–H and O–H groups in total. The number of amidine groups is 1. The number of nitrogens with two attached hydrogens (primary N) is 1. The molecule has 0 atom stereocenters. The molecule has 1 aliphatic carbocycles. The fourth-order valence-corrected chi connectivity index (χ4v) is 1.96. The lowest BCUT2D eigenvalue weighted by molar-refractivity contribution is -0.118. The average Bonchev–Trinajstić information content (AvgIpc) is 3.23. The first-order chi connectivity index (χ1) is 9.20. The summed E-state index contributed by atoms with van der Waals surface area (Å²) in [4.78, 5) is 14.0. The maximum atomic E-state index is 12.3. The first kappa shape index (κ1) is 13.4. The molecular formula is C14H19N3O2. The highest BCUT2D eigenvalue weighted by Gasteiger charge is 2.27. The van der Waals surface area contributed by atoms with E-state index in [1.807, 2.05) is 30.3 Å². The van der Waals surface area contributed by atoms with Gasteiger partial charge in [-0.25, -0.2) is 0 Å². The topological polar surface area (TPSA) is 78.9 Å². The Morgan fingerprint density at radius 2 is 2.05 bits per heavy atom. The zero-order chi connectivity index (χ0) is 13.7. The lowest BCUT2D eigenvalue weighted by atomic mass is 10.2. The quantitative estimate of drug-likeness (QED) is 0.355. The molecule has 0 radical (unpaired) electrons. The number of oxime groups is 1. The molecule has 1 aromatic rings. The van der Waals surface area contributed by atoms with Crippen molar-refractivity contribution in [1.29, 1.82) is 0 Å². The van der Waals surface area contributed by atoms with E-state index >= 15 is 0 Å². The number of nitrogens with zero attached hydrogens (tertiary/aromatic N) is 2. The van der Waals surface area contributed by atoms with Crippen molar-refractivity contribution >= 4 is 17.4 Å². The van der Waals surface area contributed by atoms with E-state index in [0.717, 1.165) is 18.5 Å². The van der Waals surface area contributed by atoms with Gasteiger partial charge in [-0.1, -0.05) is 23.4 Å². The largest absolute Gasteiger partial charge is 0.409 e. The number of amides is 1. The van der Waals surface area contributed by atoms with E-state index in [-0.39, 0.29) is 11.7 Å². The third kappa shape index (κ3) is 3.98. The summed E-state index contributed by atoms with van der Waals surface area (Å²) in [6, 6.07) is 9.51. The molecule has 2 rings (SSSR count). The van der Waals surface area contributed by atoms with E-state index in [1.54, 1.807) is 4.90 Å². The molecule has 1 saturated carbocycles. The summed E-state index contributed by atoms with van der Waals surface area (Å²) in [6.07, 6.45) is 3.25. The van der Waals surface area contributed by atoms with Gasteiger partial charge in [0, 0.05) is 25.1 Å². The molecule has 0 aromatic heterocycles. The molecule has 1 aromatic carbocycles. The SMILES string of the molecule is NC(CCN(C(=O)CC1CC1)c1ccccc1)=NO. The normalized spacial score (nSPS) is 15.3. The highest BCUT2D eigenvalue weighted by molar-refractivity contribution is 5.94. The molecule has 1 amide bonds. The third-order valence-corrected chi connectivity index (χ3v) is 3.25. The smallest absolute Gasteiger partial charge is 0.227 e. The second-order valence-corrected chi connectivity index (χ2v) is 4.87. The van der Waals surface area contributed by atoms with Crippen LogP contribution in [0.4, 0.5) is 5.69 Å². The van der Waals surface area contributed by atoms with Gasteiger partial charge in [0.15, 0.2) is 0 Å². The maximum absolute atomic E-state index is 12.3. The van der Waals surface area contributed by atoms with E-state index < -0.39 is 0 Å². The Kier molecular flexibility index (Phi) is 4.39. The summed E-state index contributed by atoms with van der Waals surface area (Å²) in [5.41, 5.74) is 6.34. The van der Waals surface area contributed by atoms with Crippen molar-refractivity contribution in [1.82, 2.24) is 0 Å². The van der Waals surface area contributed by atoms with Crippen LogP contribution in [0, 0.1) is 5.92 Å². The van der Waals surface area contributed by atoms with Crippen molar-refractivity contribution in [2.24, 2.45) is 16.8 Å². The summed E-state index contributed by atoms with van der Waals surface area (Å²) >= 11 is 0. The monoisotopic (exact) mass is 261 g/mol. The highest BCUT2D eigenvalue weighted by atomic mass is 16.4. The summed E-state index contributed by atoms with van der Waals surface area (Å²) in [6.45, 7) is 0.436. The van der Waals surface area contributed by atoms with Gasteiger partial charge in [0.2, 0.25) is 5.91 Å². The van der Waals surface area contributed by atoms with Gasteiger partial charge in [-0.05, 0) is 30.9 Å². The summed E-state index contributed by atoms with van der Waals surface area (Å²) < 4.78 is 0. The highest BCUT2D eigenvalue weighted by Crippen LogP contribution is 2.33. The Labute approximate surface area is 112 Å². The van der Waals surface area contributed by atoms with E-state index in [0.29, 0.717) is 25.3 Å². The zero-order valence-electron chi connectivity index (χ0n) is 10.8. The van der Waals surface area contributed by atoms with Crippen LogP contribution in [0.1, 0.15) is 25.7 Å². The second kappa shape index (κ2) is 6.22. The lowest BCUT2D eigenvalue weighted by Crippen LogP contribution is -2.34. The molecule has 19 heavy (non-hydrogen) atoms. The Bertz CT molecular complexity index is 455. The molecule has 5 nitrogen and oxygen atoms in total. The van der Waals surface area contributed by atoms with Crippen LogP contribution in [0.3, 0.4) is 0 Å². The van der Waals surface area contributed by atoms with Gasteiger partial charge < -0.3 is 15.8 Å². The van der Waals surface area contributed by atoms with Gasteiger partial charge >= 0.3 is 0 Å². The van der Waals surface area contributed by atoms with Gasteiger partial charge in [-0.2, -0.15) is 0 Å². The molecule has 0 bridgehead atoms. The fourth-order valence-electron chi connectivity index (χ4n) is 1.96. The lowest BCUT2D eigenvalue weighted by Gasteiger charge is -2.22. The number of para-hydroxylation sites is 1. The molecule has 102 valence electrons. The molecule has 0 saturated heterocycles. The van der Waals surface area contributed by atoms with Crippen molar-refractivity contribution in [2.75, 3.05) is 11.4 Å². The first-order valence-electron chi connectivity index (χ1n) is 6.52. The van der Waals surface area contributed by atoms with Crippen molar-refractivity contribution in [2.45, 2.75) is 25.7 Å². The summed E-state index contributed by atoms with van der Waals surface area (Å²) in [5, 5.41) is 11.5. The number of carbonyl (C=O) groups is 1. The minimum absolute atomic E-state index is 0.111. The molecule has 1 fully saturated rings. The van der Waals surface area contributed by atoms with E-state index in [9.17, 15) is 4.79 Å². The standard InChI is InChI=1S/C14H19N3O2/c15-13(16-19)8-9-17(12-4-2-1-3-5-12)14(18)10-11-6-7-11/h1-5,11,19H,6-10H2,(H2,15,16). The Hall–Kier alpha value is -2.04. The molecular weight excluding hydrogens is 242 g/mol. The fraction of sp³-hybridized carbons (Fsp3) is 0.429. The first-order valence-corrected chi connectivity index (χ1v) is 6.52. The van der Waals surface area contributed by atoms with Crippen LogP contribution in [0.15, 0.2) is 35.5 Å². The molecule has 0 unspecified atom stereocenters.